The van der Waals surface area contributed by atoms with Crippen molar-refractivity contribution in [2.75, 3.05) is 5.32 Å². The Kier molecular flexibility index (Phi) is 5.84. The Balaban J connectivity index is 1.84. The molecule has 0 radical (unpaired) electrons. The number of benzene rings is 3. The van der Waals surface area contributed by atoms with E-state index in [2.05, 4.69) is 5.32 Å². The number of carbonyl (C=O) groups excluding carboxylic acids is 1. The van der Waals surface area contributed by atoms with E-state index in [9.17, 15) is 13.2 Å². The number of carbonyl (C=O) groups is 1. The number of sulfonamides is 1. The molecule has 9 heteroatoms. The van der Waals surface area contributed by atoms with Gasteiger partial charge in [0.1, 0.15) is 0 Å². The van der Waals surface area contributed by atoms with Crippen LogP contribution in [-0.4, -0.2) is 24.1 Å². The third-order valence-corrected chi connectivity index (χ3v) is 5.92. The Labute approximate surface area is 190 Å². The molecule has 0 saturated carbocycles. The summed E-state index contributed by atoms with van der Waals surface area (Å²) in [6.07, 6.45) is 0. The lowest BCUT2D eigenvalue weighted by Gasteiger charge is -2.08. The van der Waals surface area contributed by atoms with Crippen LogP contribution in [0, 0.1) is 0 Å². The maximum atomic E-state index is 11.6. The van der Waals surface area contributed by atoms with Crippen molar-refractivity contribution in [1.29, 1.82) is 0 Å². The molecule has 0 aliphatic carbocycles. The summed E-state index contributed by atoms with van der Waals surface area (Å²) in [5, 5.41) is 13.3. The van der Waals surface area contributed by atoms with Crippen LogP contribution in [0.4, 0.5) is 5.69 Å². The molecule has 3 N–H and O–H groups in total. The number of halogens is 1. The molecule has 0 saturated heterocycles. The van der Waals surface area contributed by atoms with Gasteiger partial charge in [0, 0.05) is 28.8 Å². The predicted molar refractivity (Wildman–Crippen MR) is 125 cm³/mol. The second-order valence-corrected chi connectivity index (χ2v) is 9.13. The molecule has 0 aliphatic heterocycles. The van der Waals surface area contributed by atoms with E-state index in [0.717, 1.165) is 16.8 Å². The van der Waals surface area contributed by atoms with Crippen LogP contribution >= 0.6 is 11.6 Å². The minimum Gasteiger partial charge on any atom is -0.326 e. The van der Waals surface area contributed by atoms with Gasteiger partial charge in [0.15, 0.2) is 0 Å². The highest BCUT2D eigenvalue weighted by Crippen LogP contribution is 2.31. The molecular formula is C23H19ClN4O3S. The van der Waals surface area contributed by atoms with Gasteiger partial charge >= 0.3 is 0 Å². The summed E-state index contributed by atoms with van der Waals surface area (Å²) in [4.78, 5) is 11.4. The number of aromatic nitrogens is 2. The first-order valence-corrected chi connectivity index (χ1v) is 11.5. The summed E-state index contributed by atoms with van der Waals surface area (Å²) in [6.45, 7) is 1.45. The summed E-state index contributed by atoms with van der Waals surface area (Å²) in [6, 6.07) is 22.8. The summed E-state index contributed by atoms with van der Waals surface area (Å²) in [5.41, 5.74) is 4.47. The highest BCUT2D eigenvalue weighted by Gasteiger charge is 2.15. The summed E-state index contributed by atoms with van der Waals surface area (Å²) >= 11 is 6.05. The Morgan fingerprint density at radius 1 is 0.969 bits per heavy atom. The maximum Gasteiger partial charge on any atom is 0.238 e. The summed E-state index contributed by atoms with van der Waals surface area (Å²) in [7, 11) is -3.80. The van der Waals surface area contributed by atoms with Crippen LogP contribution in [0.2, 0.25) is 5.02 Å². The van der Waals surface area contributed by atoms with Crippen molar-refractivity contribution in [2.24, 2.45) is 5.14 Å². The number of primary sulfonamides is 1. The zero-order chi connectivity index (χ0) is 22.9. The summed E-state index contributed by atoms with van der Waals surface area (Å²) in [5.74, 6) is -0.163. The molecular weight excluding hydrogens is 448 g/mol. The highest BCUT2D eigenvalue weighted by atomic mass is 35.5. The monoisotopic (exact) mass is 466 g/mol. The minimum atomic E-state index is -3.80. The van der Waals surface area contributed by atoms with Crippen molar-refractivity contribution < 1.29 is 13.2 Å². The van der Waals surface area contributed by atoms with Crippen LogP contribution < -0.4 is 10.5 Å². The second kappa shape index (κ2) is 8.58. The number of rotatable bonds is 5. The molecule has 0 aliphatic rings. The van der Waals surface area contributed by atoms with Gasteiger partial charge in [0.25, 0.3) is 0 Å². The SMILES string of the molecule is CC(=O)Nc1cccc(-c2cc(-c3ccc(Cl)cc3)n(-c3ccc(S(N)(=O)=O)cc3)n2)c1. The van der Waals surface area contributed by atoms with E-state index < -0.39 is 10.0 Å². The summed E-state index contributed by atoms with van der Waals surface area (Å²) < 4.78 is 24.9. The van der Waals surface area contributed by atoms with Crippen LogP contribution in [-0.2, 0) is 14.8 Å². The van der Waals surface area contributed by atoms with Crippen molar-refractivity contribution in [1.82, 2.24) is 9.78 Å². The average Bonchev–Trinajstić information content (AvgIpc) is 3.19. The normalized spacial score (nSPS) is 11.3. The Morgan fingerprint density at radius 3 is 2.28 bits per heavy atom. The molecule has 32 heavy (non-hydrogen) atoms. The van der Waals surface area contributed by atoms with Gasteiger partial charge in [-0.05, 0) is 54.6 Å². The maximum absolute atomic E-state index is 11.6. The Bertz CT molecular complexity index is 1400. The molecule has 0 atom stereocenters. The molecule has 1 aromatic heterocycles. The van der Waals surface area contributed by atoms with Crippen LogP contribution in [0.1, 0.15) is 6.92 Å². The van der Waals surface area contributed by atoms with Crippen LogP contribution in [0.5, 0.6) is 0 Å². The first-order valence-electron chi connectivity index (χ1n) is 9.58. The quantitative estimate of drug-likeness (QED) is 0.452. The largest absolute Gasteiger partial charge is 0.326 e. The Hall–Kier alpha value is -3.46. The molecule has 0 fully saturated rings. The molecule has 3 aromatic carbocycles. The lowest BCUT2D eigenvalue weighted by Crippen LogP contribution is -2.12. The molecule has 0 bridgehead atoms. The van der Waals surface area contributed by atoms with E-state index in [4.69, 9.17) is 21.8 Å². The second-order valence-electron chi connectivity index (χ2n) is 7.13. The van der Waals surface area contributed by atoms with E-state index in [1.165, 1.54) is 19.1 Å². The van der Waals surface area contributed by atoms with Crippen LogP contribution in [0.3, 0.4) is 0 Å². The van der Waals surface area contributed by atoms with E-state index in [0.29, 0.717) is 22.1 Å². The highest BCUT2D eigenvalue weighted by molar-refractivity contribution is 7.89. The van der Waals surface area contributed by atoms with Gasteiger partial charge in [-0.25, -0.2) is 18.2 Å². The predicted octanol–water partition coefficient (Wildman–Crippen LogP) is 4.47. The average molecular weight is 467 g/mol. The number of nitrogens with two attached hydrogens (primary N) is 1. The van der Waals surface area contributed by atoms with Gasteiger partial charge in [-0.2, -0.15) is 5.10 Å². The number of amides is 1. The van der Waals surface area contributed by atoms with E-state index in [-0.39, 0.29) is 10.8 Å². The number of anilines is 1. The zero-order valence-electron chi connectivity index (χ0n) is 17.0. The fraction of sp³-hybridized carbons (Fsp3) is 0.0435. The van der Waals surface area contributed by atoms with Gasteiger partial charge in [0.2, 0.25) is 15.9 Å². The number of hydrogen-bond donors (Lipinski definition) is 2. The van der Waals surface area contributed by atoms with Crippen LogP contribution in [0.15, 0.2) is 83.8 Å². The van der Waals surface area contributed by atoms with Crippen molar-refractivity contribution in [3.63, 3.8) is 0 Å². The molecule has 4 rings (SSSR count). The van der Waals surface area contributed by atoms with E-state index in [1.54, 1.807) is 35.0 Å². The molecule has 7 nitrogen and oxygen atoms in total. The van der Waals surface area contributed by atoms with E-state index in [1.807, 2.05) is 36.4 Å². The van der Waals surface area contributed by atoms with Gasteiger partial charge in [0.05, 0.1) is 22.0 Å². The zero-order valence-corrected chi connectivity index (χ0v) is 18.6. The van der Waals surface area contributed by atoms with Crippen molar-refractivity contribution in [2.45, 2.75) is 11.8 Å². The molecule has 0 spiro atoms. The molecule has 4 aromatic rings. The van der Waals surface area contributed by atoms with Crippen molar-refractivity contribution in [3.05, 3.63) is 83.9 Å². The molecule has 1 amide bonds. The molecule has 0 unspecified atom stereocenters. The number of nitrogens with zero attached hydrogens (tertiary/aromatic N) is 2. The molecule has 1 heterocycles. The number of nitrogens with one attached hydrogen (secondary N) is 1. The topological polar surface area (TPSA) is 107 Å². The standard InChI is InChI=1S/C23H19ClN4O3S/c1-15(29)26-19-4-2-3-17(13-19)22-14-23(16-5-7-18(24)8-6-16)28(27-22)20-9-11-21(12-10-20)32(25,30)31/h2-14H,1H3,(H,26,29)(H2,25,30,31). The third kappa shape index (κ3) is 4.72. The third-order valence-electron chi connectivity index (χ3n) is 4.74. The lowest BCUT2D eigenvalue weighted by molar-refractivity contribution is -0.114. The van der Waals surface area contributed by atoms with Crippen molar-refractivity contribution >= 4 is 33.2 Å². The molecule has 162 valence electrons. The Morgan fingerprint density at radius 2 is 1.66 bits per heavy atom. The van der Waals surface area contributed by atoms with Gasteiger partial charge < -0.3 is 5.32 Å². The first-order chi connectivity index (χ1) is 15.2. The fourth-order valence-electron chi connectivity index (χ4n) is 3.28. The van der Waals surface area contributed by atoms with Gasteiger partial charge in [-0.1, -0.05) is 35.9 Å². The van der Waals surface area contributed by atoms with Crippen LogP contribution in [0.25, 0.3) is 28.2 Å². The van der Waals surface area contributed by atoms with Crippen molar-refractivity contribution in [3.8, 4) is 28.2 Å². The minimum absolute atomic E-state index is 0.0182. The fourth-order valence-corrected chi connectivity index (χ4v) is 3.92. The number of hydrogen-bond acceptors (Lipinski definition) is 4. The first kappa shape index (κ1) is 21.8. The lowest BCUT2D eigenvalue weighted by atomic mass is 10.1. The van der Waals surface area contributed by atoms with Gasteiger partial charge in [-0.3, -0.25) is 4.79 Å². The smallest absolute Gasteiger partial charge is 0.238 e. The van der Waals surface area contributed by atoms with Gasteiger partial charge in [-0.15, -0.1) is 0 Å². The van der Waals surface area contributed by atoms with E-state index >= 15 is 0 Å².